The predicted octanol–water partition coefficient (Wildman–Crippen LogP) is 3.62. The van der Waals surface area contributed by atoms with Crippen LogP contribution in [0.4, 0.5) is 0 Å². The molecule has 1 aliphatic heterocycles. The van der Waals surface area contributed by atoms with Crippen molar-refractivity contribution in [1.82, 2.24) is 0 Å². The molecule has 0 aromatic heterocycles. The van der Waals surface area contributed by atoms with Crippen molar-refractivity contribution in [2.75, 3.05) is 13.2 Å². The van der Waals surface area contributed by atoms with Gasteiger partial charge in [-0.15, -0.1) is 0 Å². The highest BCUT2D eigenvalue weighted by atomic mass is 35.5. The summed E-state index contributed by atoms with van der Waals surface area (Å²) >= 11 is 11.8. The van der Waals surface area contributed by atoms with E-state index in [1.54, 1.807) is 25.1 Å². The third-order valence-electron chi connectivity index (χ3n) is 3.27. The van der Waals surface area contributed by atoms with Gasteiger partial charge in [0.1, 0.15) is 6.61 Å². The summed E-state index contributed by atoms with van der Waals surface area (Å²) in [7, 11) is 0. The number of esters is 1. The molecule has 2 unspecified atom stereocenters. The molecule has 2 rings (SSSR count). The van der Waals surface area contributed by atoms with Crippen LogP contribution in [0.15, 0.2) is 18.2 Å². The molecule has 6 heteroatoms. The van der Waals surface area contributed by atoms with Gasteiger partial charge in [0, 0.05) is 22.2 Å². The quantitative estimate of drug-likeness (QED) is 0.746. The van der Waals surface area contributed by atoms with Crippen LogP contribution >= 0.6 is 23.2 Å². The maximum absolute atomic E-state index is 11.8. The van der Waals surface area contributed by atoms with Gasteiger partial charge in [-0.05, 0) is 31.9 Å². The molecule has 0 bridgehead atoms. The first-order valence-electron chi connectivity index (χ1n) is 6.90. The van der Waals surface area contributed by atoms with E-state index in [-0.39, 0.29) is 12.7 Å². The van der Waals surface area contributed by atoms with Gasteiger partial charge in [-0.25, -0.2) is 4.79 Å². The molecular weight excluding hydrogens is 315 g/mol. The lowest BCUT2D eigenvalue weighted by Crippen LogP contribution is -2.27. The van der Waals surface area contributed by atoms with Crippen molar-refractivity contribution in [1.29, 1.82) is 0 Å². The third-order valence-corrected chi connectivity index (χ3v) is 3.86. The monoisotopic (exact) mass is 332 g/mol. The average Bonchev–Trinajstić information content (AvgIpc) is 2.96. The normalized spacial score (nSPS) is 19.5. The van der Waals surface area contributed by atoms with E-state index in [1.165, 1.54) is 0 Å². The molecule has 2 atom stereocenters. The van der Waals surface area contributed by atoms with Crippen LogP contribution in [-0.4, -0.2) is 31.4 Å². The van der Waals surface area contributed by atoms with Crippen molar-refractivity contribution in [2.24, 2.45) is 0 Å². The SMILES string of the molecule is CC(OCC1CCCO1)C(=O)OCc1ccc(Cl)cc1Cl. The highest BCUT2D eigenvalue weighted by Crippen LogP contribution is 2.21. The van der Waals surface area contributed by atoms with Crippen LogP contribution in [0.3, 0.4) is 0 Å². The van der Waals surface area contributed by atoms with Gasteiger partial charge < -0.3 is 14.2 Å². The summed E-state index contributed by atoms with van der Waals surface area (Å²) in [5, 5.41) is 1.02. The fraction of sp³-hybridized carbons (Fsp3) is 0.533. The number of rotatable bonds is 6. The Kier molecular flexibility index (Phi) is 6.30. The lowest BCUT2D eigenvalue weighted by molar-refractivity contribution is -0.159. The molecule has 0 amide bonds. The zero-order valence-corrected chi connectivity index (χ0v) is 13.3. The van der Waals surface area contributed by atoms with Gasteiger partial charge in [0.25, 0.3) is 0 Å². The summed E-state index contributed by atoms with van der Waals surface area (Å²) in [6.07, 6.45) is 1.48. The van der Waals surface area contributed by atoms with Crippen LogP contribution in [0.5, 0.6) is 0 Å². The van der Waals surface area contributed by atoms with E-state index >= 15 is 0 Å². The Balaban J connectivity index is 1.75. The zero-order chi connectivity index (χ0) is 15.2. The van der Waals surface area contributed by atoms with Crippen molar-refractivity contribution in [2.45, 2.75) is 38.6 Å². The van der Waals surface area contributed by atoms with Gasteiger partial charge in [0.2, 0.25) is 0 Å². The Labute approximate surface area is 134 Å². The zero-order valence-electron chi connectivity index (χ0n) is 11.8. The number of halogens is 2. The Morgan fingerprint density at radius 2 is 2.29 bits per heavy atom. The number of hydrogen-bond donors (Lipinski definition) is 0. The molecule has 0 N–H and O–H groups in total. The van der Waals surface area contributed by atoms with Gasteiger partial charge in [0.15, 0.2) is 6.10 Å². The molecule has 1 saturated heterocycles. The molecule has 4 nitrogen and oxygen atoms in total. The average molecular weight is 333 g/mol. The van der Waals surface area contributed by atoms with E-state index in [4.69, 9.17) is 37.4 Å². The first-order valence-corrected chi connectivity index (χ1v) is 7.65. The van der Waals surface area contributed by atoms with Crippen LogP contribution < -0.4 is 0 Å². The second-order valence-corrected chi connectivity index (χ2v) is 5.80. The molecule has 1 aromatic carbocycles. The van der Waals surface area contributed by atoms with Crippen molar-refractivity contribution in [3.8, 4) is 0 Å². The van der Waals surface area contributed by atoms with Gasteiger partial charge in [-0.3, -0.25) is 0 Å². The van der Waals surface area contributed by atoms with E-state index in [0.717, 1.165) is 19.4 Å². The number of carbonyl (C=O) groups excluding carboxylic acids is 1. The molecule has 0 saturated carbocycles. The summed E-state index contributed by atoms with van der Waals surface area (Å²) < 4.78 is 16.1. The van der Waals surface area contributed by atoms with Crippen molar-refractivity contribution in [3.63, 3.8) is 0 Å². The molecule has 0 radical (unpaired) electrons. The summed E-state index contributed by atoms with van der Waals surface area (Å²) in [5.41, 5.74) is 0.709. The van der Waals surface area contributed by atoms with E-state index in [0.29, 0.717) is 22.2 Å². The van der Waals surface area contributed by atoms with Gasteiger partial charge in [-0.2, -0.15) is 0 Å². The maximum Gasteiger partial charge on any atom is 0.335 e. The smallest absolute Gasteiger partial charge is 0.335 e. The molecule has 0 spiro atoms. The van der Waals surface area contributed by atoms with Crippen molar-refractivity contribution in [3.05, 3.63) is 33.8 Å². The molecule has 0 aliphatic carbocycles. The summed E-state index contributed by atoms with van der Waals surface area (Å²) in [4.78, 5) is 11.8. The van der Waals surface area contributed by atoms with Crippen LogP contribution in [0.25, 0.3) is 0 Å². The Hall–Kier alpha value is -0.810. The minimum Gasteiger partial charge on any atom is -0.459 e. The first-order chi connectivity index (χ1) is 10.1. The molecule has 1 heterocycles. The molecule has 1 aromatic rings. The minimum atomic E-state index is -0.625. The van der Waals surface area contributed by atoms with Crippen molar-refractivity contribution < 1.29 is 19.0 Å². The highest BCUT2D eigenvalue weighted by molar-refractivity contribution is 6.35. The molecular formula is C15H18Cl2O4. The van der Waals surface area contributed by atoms with Crippen LogP contribution in [0, 0.1) is 0 Å². The Morgan fingerprint density at radius 1 is 1.48 bits per heavy atom. The predicted molar refractivity (Wildman–Crippen MR) is 80.6 cm³/mol. The Bertz CT molecular complexity index is 487. The second kappa shape index (κ2) is 7.99. The van der Waals surface area contributed by atoms with Crippen molar-refractivity contribution >= 4 is 29.2 Å². The van der Waals surface area contributed by atoms with E-state index in [2.05, 4.69) is 0 Å². The van der Waals surface area contributed by atoms with E-state index in [9.17, 15) is 4.79 Å². The first kappa shape index (κ1) is 16.6. The summed E-state index contributed by atoms with van der Waals surface area (Å²) in [6.45, 7) is 2.95. The number of ether oxygens (including phenoxy) is 3. The number of hydrogen-bond acceptors (Lipinski definition) is 4. The van der Waals surface area contributed by atoms with E-state index in [1.807, 2.05) is 0 Å². The van der Waals surface area contributed by atoms with Gasteiger partial charge in [0.05, 0.1) is 12.7 Å². The van der Waals surface area contributed by atoms with Crippen LogP contribution in [0.2, 0.25) is 10.0 Å². The maximum atomic E-state index is 11.8. The molecule has 116 valence electrons. The van der Waals surface area contributed by atoms with Gasteiger partial charge in [-0.1, -0.05) is 29.3 Å². The lowest BCUT2D eigenvalue weighted by Gasteiger charge is -2.15. The standard InChI is InChI=1S/C15H18Cl2O4/c1-10(20-9-13-3-2-6-19-13)15(18)21-8-11-4-5-12(16)7-14(11)17/h4-5,7,10,13H,2-3,6,8-9H2,1H3. The largest absolute Gasteiger partial charge is 0.459 e. The fourth-order valence-corrected chi connectivity index (χ4v) is 2.46. The van der Waals surface area contributed by atoms with Crippen LogP contribution in [-0.2, 0) is 25.6 Å². The second-order valence-electron chi connectivity index (χ2n) is 4.95. The molecule has 1 fully saturated rings. The third kappa shape index (κ3) is 5.15. The highest BCUT2D eigenvalue weighted by Gasteiger charge is 2.20. The van der Waals surface area contributed by atoms with Crippen LogP contribution in [0.1, 0.15) is 25.3 Å². The number of benzene rings is 1. The summed E-state index contributed by atoms with van der Waals surface area (Å²) in [5.74, 6) is -0.418. The number of carbonyl (C=O) groups is 1. The summed E-state index contributed by atoms with van der Waals surface area (Å²) in [6, 6.07) is 5.05. The fourth-order valence-electron chi connectivity index (χ4n) is 2.00. The molecule has 21 heavy (non-hydrogen) atoms. The minimum absolute atomic E-state index is 0.0889. The molecule has 1 aliphatic rings. The topological polar surface area (TPSA) is 44.8 Å². The van der Waals surface area contributed by atoms with Gasteiger partial charge >= 0.3 is 5.97 Å². The Morgan fingerprint density at radius 3 is 2.95 bits per heavy atom. The van der Waals surface area contributed by atoms with E-state index < -0.39 is 12.1 Å². The lowest BCUT2D eigenvalue weighted by atomic mass is 10.2.